The molecule has 6 heteroatoms. The van der Waals surface area contributed by atoms with Gasteiger partial charge in [0.05, 0.1) is 6.61 Å². The zero-order chi connectivity index (χ0) is 22.0. The molecule has 0 aromatic rings. The fourth-order valence-corrected chi connectivity index (χ4v) is 1.73. The summed E-state index contributed by atoms with van der Waals surface area (Å²) in [6.07, 6.45) is -4.90. The number of hydrogen-bond donors (Lipinski definition) is 3. The molecule has 1 fully saturated rings. The number of carbonyl (C=O) groups is 1. The quantitative estimate of drug-likeness (QED) is 0.285. The maximum absolute atomic E-state index is 11.5. The third-order valence-electron chi connectivity index (χ3n) is 3.09. The second-order valence-corrected chi connectivity index (χ2v) is 5.14. The number of carbonyl (C=O) groups excluding carboxylic acids is 1. The fourth-order valence-electron chi connectivity index (χ4n) is 1.73. The molecule has 0 aromatic carbocycles. The summed E-state index contributed by atoms with van der Waals surface area (Å²) in [7, 11) is 0. The van der Waals surface area contributed by atoms with Crippen molar-refractivity contribution in [3.63, 3.8) is 0 Å². The molecule has 1 saturated heterocycles. The van der Waals surface area contributed by atoms with Gasteiger partial charge in [-0.3, -0.25) is 0 Å². The van der Waals surface area contributed by atoms with E-state index in [0.717, 1.165) is 0 Å². The van der Waals surface area contributed by atoms with Crippen LogP contribution in [0.5, 0.6) is 0 Å². The predicted molar refractivity (Wildman–Crippen MR) is 107 cm³/mol. The van der Waals surface area contributed by atoms with Crippen LogP contribution in [0.15, 0.2) is 0 Å². The van der Waals surface area contributed by atoms with Gasteiger partial charge in [-0.2, -0.15) is 0 Å². The number of esters is 1. The summed E-state index contributed by atoms with van der Waals surface area (Å²) in [4.78, 5) is 11.5. The van der Waals surface area contributed by atoms with Crippen LogP contribution in [-0.2, 0) is 14.3 Å². The minimum atomic E-state index is -1.38. The molecule has 0 spiro atoms. The zero-order valence-electron chi connectivity index (χ0n) is 15.8. The van der Waals surface area contributed by atoms with E-state index in [1.54, 1.807) is 6.92 Å². The topological polar surface area (TPSA) is 96.2 Å². The third kappa shape index (κ3) is 10.2. The number of rotatable bonds is 2. The van der Waals surface area contributed by atoms with Crippen molar-refractivity contribution in [1.29, 1.82) is 0 Å². The molecule has 3 N–H and O–H groups in total. The summed E-state index contributed by atoms with van der Waals surface area (Å²) in [5.41, 5.74) is 0. The maximum atomic E-state index is 11.5. The molecule has 0 aliphatic carbocycles. The van der Waals surface area contributed by atoms with E-state index in [4.69, 9.17) is 9.47 Å². The van der Waals surface area contributed by atoms with Gasteiger partial charge in [0.2, 0.25) is 0 Å². The Morgan fingerprint density at radius 1 is 0.800 bits per heavy atom. The van der Waals surface area contributed by atoms with E-state index in [2.05, 4.69) is 94.7 Å². The van der Waals surface area contributed by atoms with E-state index >= 15 is 0 Å². The summed E-state index contributed by atoms with van der Waals surface area (Å²) >= 11 is 0. The van der Waals surface area contributed by atoms with Gasteiger partial charge in [-0.15, -0.1) is 0 Å². The molecule has 0 radical (unpaired) electrons. The summed E-state index contributed by atoms with van der Waals surface area (Å²) in [6.45, 7) is 1.17. The molecule has 1 rings (SSSR count). The minimum Gasteiger partial charge on any atom is -0.453 e. The third-order valence-corrected chi connectivity index (χ3v) is 3.09. The van der Waals surface area contributed by atoms with E-state index in [1.165, 1.54) is 0 Å². The molecule has 0 aromatic heterocycles. The number of aliphatic hydroxyl groups is 3. The van der Waals surface area contributed by atoms with Crippen molar-refractivity contribution in [1.82, 2.24) is 0 Å². The first kappa shape index (κ1) is 23.8. The Morgan fingerprint density at radius 3 is 1.77 bits per heavy atom. The highest BCUT2D eigenvalue weighted by molar-refractivity contribution is 5.89. The van der Waals surface area contributed by atoms with Gasteiger partial charge in [-0.05, 0) is 89.8 Å². The van der Waals surface area contributed by atoms with Gasteiger partial charge in [0.25, 0.3) is 0 Å². The highest BCUT2D eigenvalue weighted by atomic mass is 16.6. The fraction of sp³-hybridized carbons (Fsp3) is 0.292. The van der Waals surface area contributed by atoms with E-state index in [0.29, 0.717) is 0 Å². The predicted octanol–water partition coefficient (Wildman–Crippen LogP) is -1.94. The maximum Gasteiger partial charge on any atom is 0.385 e. The Balaban J connectivity index is 2.39. The number of ether oxygens (including phenoxy) is 2. The first-order valence-electron chi connectivity index (χ1n) is 8.31. The summed E-state index contributed by atoms with van der Waals surface area (Å²) in [5, 5.41) is 28.6. The number of hydrogen-bond acceptors (Lipinski definition) is 6. The van der Waals surface area contributed by atoms with Crippen LogP contribution >= 0.6 is 0 Å². The molecule has 1 aliphatic rings. The average molecular weight is 398 g/mol. The molecule has 146 valence electrons. The molecule has 4 atom stereocenters. The highest BCUT2D eigenvalue weighted by Crippen LogP contribution is 2.15. The molecule has 6 nitrogen and oxygen atoms in total. The summed E-state index contributed by atoms with van der Waals surface area (Å²) < 4.78 is 9.88. The first-order chi connectivity index (χ1) is 14.6. The lowest BCUT2D eigenvalue weighted by Gasteiger charge is -2.34. The largest absolute Gasteiger partial charge is 0.453 e. The van der Waals surface area contributed by atoms with Crippen LogP contribution in [0, 0.1) is 94.7 Å². The molecule has 1 heterocycles. The van der Waals surface area contributed by atoms with Crippen molar-refractivity contribution in [2.45, 2.75) is 31.3 Å². The van der Waals surface area contributed by atoms with Gasteiger partial charge in [0.1, 0.15) is 31.0 Å². The monoisotopic (exact) mass is 398 g/mol. The Labute approximate surface area is 175 Å². The minimum absolute atomic E-state index is 0.179. The van der Waals surface area contributed by atoms with E-state index in [9.17, 15) is 20.1 Å². The van der Waals surface area contributed by atoms with Crippen molar-refractivity contribution in [3.8, 4) is 94.7 Å². The molecule has 0 amide bonds. The van der Waals surface area contributed by atoms with E-state index < -0.39 is 30.4 Å². The van der Waals surface area contributed by atoms with Crippen molar-refractivity contribution < 1.29 is 29.6 Å². The van der Waals surface area contributed by atoms with Crippen LogP contribution in [0.25, 0.3) is 0 Å². The lowest BCUT2D eigenvalue weighted by Crippen LogP contribution is -2.54. The Kier molecular flexibility index (Phi) is 11.8. The second-order valence-electron chi connectivity index (χ2n) is 5.14. The molecule has 0 bridgehead atoms. The molecule has 30 heavy (non-hydrogen) atoms. The standard InChI is InChI=1S/C24H14O6/c1-2-3-4-5-6-7-8-9-10-11-12-13-14-15-16-17-22(26)30-19-21-24(28)23(27)20(25)18-29-21/h20-21,23-25,27-28H,18-19H2,1H3. The van der Waals surface area contributed by atoms with Crippen LogP contribution < -0.4 is 0 Å². The lowest BCUT2D eigenvalue weighted by molar-refractivity contribution is -0.199. The van der Waals surface area contributed by atoms with Crippen molar-refractivity contribution in [2.75, 3.05) is 13.2 Å². The van der Waals surface area contributed by atoms with Gasteiger partial charge in [0, 0.05) is 5.92 Å². The van der Waals surface area contributed by atoms with E-state index in [1.807, 2.05) is 0 Å². The van der Waals surface area contributed by atoms with Crippen molar-refractivity contribution in [2.24, 2.45) is 0 Å². The van der Waals surface area contributed by atoms with Gasteiger partial charge >= 0.3 is 5.97 Å². The van der Waals surface area contributed by atoms with Gasteiger partial charge in [0.15, 0.2) is 0 Å². The Hall–Kier alpha value is -4.21. The molecular formula is C24H14O6. The molecule has 4 unspecified atom stereocenters. The molecular weight excluding hydrogens is 384 g/mol. The zero-order valence-corrected chi connectivity index (χ0v) is 15.8. The van der Waals surface area contributed by atoms with E-state index in [-0.39, 0.29) is 13.2 Å². The van der Waals surface area contributed by atoms with Gasteiger partial charge in [-0.1, -0.05) is 5.92 Å². The van der Waals surface area contributed by atoms with Crippen LogP contribution in [-0.4, -0.2) is 58.9 Å². The van der Waals surface area contributed by atoms with Gasteiger partial charge in [-0.25, -0.2) is 4.79 Å². The molecule has 1 aliphatic heterocycles. The smallest absolute Gasteiger partial charge is 0.385 e. The van der Waals surface area contributed by atoms with Crippen LogP contribution in [0.2, 0.25) is 0 Å². The number of aliphatic hydroxyl groups excluding tert-OH is 3. The SMILES string of the molecule is CC#CC#CC#CC#CC#CC#CC#CC#CC(=O)OCC1OCC(O)C(O)C1O. The lowest BCUT2D eigenvalue weighted by atomic mass is 10.0. The summed E-state index contributed by atoms with van der Waals surface area (Å²) in [6, 6.07) is 0. The highest BCUT2D eigenvalue weighted by Gasteiger charge is 2.37. The Morgan fingerprint density at radius 2 is 1.27 bits per heavy atom. The van der Waals surface area contributed by atoms with Crippen molar-refractivity contribution >= 4 is 5.97 Å². The van der Waals surface area contributed by atoms with Gasteiger partial charge < -0.3 is 24.8 Å². The normalized spacial score (nSPS) is 19.9. The average Bonchev–Trinajstić information content (AvgIpc) is 2.74. The van der Waals surface area contributed by atoms with Crippen molar-refractivity contribution in [3.05, 3.63) is 0 Å². The first-order valence-corrected chi connectivity index (χ1v) is 8.31. The Bertz CT molecular complexity index is 1140. The second kappa shape index (κ2) is 14.8. The molecule has 0 saturated carbocycles. The van der Waals surface area contributed by atoms with Crippen LogP contribution in [0.3, 0.4) is 0 Å². The van der Waals surface area contributed by atoms with Crippen LogP contribution in [0.1, 0.15) is 6.92 Å². The summed E-state index contributed by atoms with van der Waals surface area (Å²) in [5.74, 6) is 37.8. The van der Waals surface area contributed by atoms with Crippen LogP contribution in [0.4, 0.5) is 0 Å².